The number of Topliss-reactive ketones (excluding diaryl/α,β-unsaturated/α-hetero) is 1. The molecule has 0 aliphatic carbocycles. The van der Waals surface area contributed by atoms with Crippen LogP contribution in [0.5, 0.6) is 0 Å². The smallest absolute Gasteiger partial charge is 0.182 e. The van der Waals surface area contributed by atoms with Gasteiger partial charge in [-0.1, -0.05) is 36.8 Å². The maximum absolute atomic E-state index is 13.1. The Bertz CT molecular complexity index is 734. The fourth-order valence-electron chi connectivity index (χ4n) is 3.37. The van der Waals surface area contributed by atoms with Crippen LogP contribution in [0, 0.1) is 6.92 Å². The molecule has 1 aliphatic heterocycles. The number of benzene rings is 2. The minimum absolute atomic E-state index is 0.00843. The van der Waals surface area contributed by atoms with Crippen LogP contribution in [0.4, 0.5) is 5.69 Å². The summed E-state index contributed by atoms with van der Waals surface area (Å²) in [5.74, 6) is 0.00843. The summed E-state index contributed by atoms with van der Waals surface area (Å²) in [5.41, 5.74) is 9.78. The molecule has 1 saturated heterocycles. The Labute approximate surface area is 156 Å². The maximum atomic E-state index is 13.1. The number of morpholine rings is 1. The Morgan fingerprint density at radius 1 is 1.08 bits per heavy atom. The number of ketones is 1. The molecule has 0 spiro atoms. The summed E-state index contributed by atoms with van der Waals surface area (Å²) in [6.07, 6.45) is 1.15. The molecule has 0 amide bonds. The van der Waals surface area contributed by atoms with Gasteiger partial charge in [-0.3, -0.25) is 4.79 Å². The quantitative estimate of drug-likeness (QED) is 0.810. The minimum Gasteiger partial charge on any atom is -0.378 e. The van der Waals surface area contributed by atoms with E-state index in [2.05, 4.69) is 36.1 Å². The van der Waals surface area contributed by atoms with Crippen LogP contribution in [0.15, 0.2) is 48.5 Å². The average Bonchev–Trinajstić information content (AvgIpc) is 2.70. The van der Waals surface area contributed by atoms with E-state index in [0.29, 0.717) is 18.4 Å². The van der Waals surface area contributed by atoms with Gasteiger partial charge >= 0.3 is 0 Å². The predicted molar refractivity (Wildman–Crippen MR) is 106 cm³/mol. The Hall–Kier alpha value is -2.17. The van der Waals surface area contributed by atoms with Crippen LogP contribution in [-0.2, 0) is 11.2 Å². The van der Waals surface area contributed by atoms with Crippen LogP contribution >= 0.6 is 0 Å². The second-order valence-electron chi connectivity index (χ2n) is 7.15. The van der Waals surface area contributed by atoms with Gasteiger partial charge in [-0.2, -0.15) is 0 Å². The first-order valence-corrected chi connectivity index (χ1v) is 9.34. The number of ether oxygens (including phenoxy) is 1. The van der Waals surface area contributed by atoms with E-state index in [1.165, 1.54) is 5.56 Å². The number of carbonyl (C=O) groups is 1. The van der Waals surface area contributed by atoms with Crippen molar-refractivity contribution in [2.75, 3.05) is 31.2 Å². The highest BCUT2D eigenvalue weighted by atomic mass is 16.5. The van der Waals surface area contributed by atoms with Crippen molar-refractivity contribution in [1.82, 2.24) is 0 Å². The van der Waals surface area contributed by atoms with E-state index in [0.717, 1.165) is 37.6 Å². The molecule has 2 aromatic rings. The zero-order chi connectivity index (χ0) is 18.6. The van der Waals surface area contributed by atoms with E-state index in [9.17, 15) is 4.79 Å². The van der Waals surface area contributed by atoms with E-state index < -0.39 is 5.54 Å². The summed E-state index contributed by atoms with van der Waals surface area (Å²) >= 11 is 0. The van der Waals surface area contributed by atoms with Crippen LogP contribution in [0.25, 0.3) is 0 Å². The summed E-state index contributed by atoms with van der Waals surface area (Å²) < 4.78 is 5.39. The SMILES string of the molecule is CCC(N)(Cc1ccc(C)cc1)C(=O)c1ccc(N2CCOCC2)cc1. The Kier molecular flexibility index (Phi) is 5.74. The van der Waals surface area contributed by atoms with Crippen molar-refractivity contribution in [3.63, 3.8) is 0 Å². The summed E-state index contributed by atoms with van der Waals surface area (Å²) in [6.45, 7) is 7.31. The van der Waals surface area contributed by atoms with Gasteiger partial charge in [0, 0.05) is 24.3 Å². The van der Waals surface area contributed by atoms with Crippen molar-refractivity contribution in [2.24, 2.45) is 5.73 Å². The number of rotatable bonds is 6. The normalized spacial score (nSPS) is 17.0. The third kappa shape index (κ3) is 4.14. The molecule has 1 unspecified atom stereocenters. The van der Waals surface area contributed by atoms with Crippen LogP contribution in [-0.4, -0.2) is 37.6 Å². The molecule has 0 saturated carbocycles. The molecule has 1 aliphatic rings. The molecule has 0 radical (unpaired) electrons. The van der Waals surface area contributed by atoms with Gasteiger partial charge in [-0.05, 0) is 49.6 Å². The monoisotopic (exact) mass is 352 g/mol. The van der Waals surface area contributed by atoms with E-state index in [4.69, 9.17) is 10.5 Å². The number of nitrogens with zero attached hydrogens (tertiary/aromatic N) is 1. The number of aryl methyl sites for hydroxylation is 1. The van der Waals surface area contributed by atoms with E-state index in [1.54, 1.807) is 0 Å². The molecule has 26 heavy (non-hydrogen) atoms. The lowest BCUT2D eigenvalue weighted by Crippen LogP contribution is -2.49. The molecule has 4 heteroatoms. The highest BCUT2D eigenvalue weighted by Crippen LogP contribution is 2.23. The van der Waals surface area contributed by atoms with Gasteiger partial charge < -0.3 is 15.4 Å². The Morgan fingerprint density at radius 3 is 2.27 bits per heavy atom. The maximum Gasteiger partial charge on any atom is 0.182 e. The third-order valence-electron chi connectivity index (χ3n) is 5.23. The van der Waals surface area contributed by atoms with Gasteiger partial charge in [0.05, 0.1) is 18.8 Å². The van der Waals surface area contributed by atoms with E-state index in [-0.39, 0.29) is 5.78 Å². The molecule has 4 nitrogen and oxygen atoms in total. The van der Waals surface area contributed by atoms with Gasteiger partial charge in [0.15, 0.2) is 5.78 Å². The van der Waals surface area contributed by atoms with Gasteiger partial charge in [-0.15, -0.1) is 0 Å². The lowest BCUT2D eigenvalue weighted by atomic mass is 9.82. The average molecular weight is 352 g/mol. The number of hydrogen-bond donors (Lipinski definition) is 1. The van der Waals surface area contributed by atoms with Crippen molar-refractivity contribution >= 4 is 11.5 Å². The number of hydrogen-bond acceptors (Lipinski definition) is 4. The predicted octanol–water partition coefficient (Wildman–Crippen LogP) is 3.36. The van der Waals surface area contributed by atoms with E-state index in [1.807, 2.05) is 31.2 Å². The number of nitrogens with two attached hydrogens (primary N) is 1. The minimum atomic E-state index is -0.879. The van der Waals surface area contributed by atoms with E-state index >= 15 is 0 Å². The fourth-order valence-corrected chi connectivity index (χ4v) is 3.37. The Balaban J connectivity index is 1.75. The second kappa shape index (κ2) is 8.02. The highest BCUT2D eigenvalue weighted by Gasteiger charge is 2.33. The molecule has 2 N–H and O–H groups in total. The standard InChI is InChI=1S/C22H28N2O2/c1-3-22(23,16-18-6-4-17(2)5-7-18)21(25)19-8-10-20(11-9-19)24-12-14-26-15-13-24/h4-11H,3,12-16,23H2,1-2H3. The van der Waals surface area contributed by atoms with Crippen molar-refractivity contribution in [3.8, 4) is 0 Å². The first kappa shape index (κ1) is 18.6. The molecule has 138 valence electrons. The van der Waals surface area contributed by atoms with Gasteiger partial charge in [-0.25, -0.2) is 0 Å². The fraction of sp³-hybridized carbons (Fsp3) is 0.409. The topological polar surface area (TPSA) is 55.6 Å². The molecule has 2 aromatic carbocycles. The summed E-state index contributed by atoms with van der Waals surface area (Å²) in [7, 11) is 0. The summed E-state index contributed by atoms with van der Waals surface area (Å²) in [4.78, 5) is 15.4. The lowest BCUT2D eigenvalue weighted by Gasteiger charge is -2.30. The van der Waals surface area contributed by atoms with Gasteiger partial charge in [0.1, 0.15) is 0 Å². The Morgan fingerprint density at radius 2 is 1.69 bits per heavy atom. The lowest BCUT2D eigenvalue weighted by molar-refractivity contribution is 0.0883. The third-order valence-corrected chi connectivity index (χ3v) is 5.23. The van der Waals surface area contributed by atoms with Crippen molar-refractivity contribution in [3.05, 3.63) is 65.2 Å². The summed E-state index contributed by atoms with van der Waals surface area (Å²) in [5, 5.41) is 0. The largest absolute Gasteiger partial charge is 0.378 e. The first-order chi connectivity index (χ1) is 12.5. The van der Waals surface area contributed by atoms with Crippen LogP contribution in [0.1, 0.15) is 34.8 Å². The molecule has 1 heterocycles. The highest BCUT2D eigenvalue weighted by molar-refractivity contribution is 6.03. The number of carbonyl (C=O) groups excluding carboxylic acids is 1. The van der Waals surface area contributed by atoms with Crippen molar-refractivity contribution in [2.45, 2.75) is 32.2 Å². The van der Waals surface area contributed by atoms with Crippen molar-refractivity contribution in [1.29, 1.82) is 0 Å². The molecule has 3 rings (SSSR count). The summed E-state index contributed by atoms with van der Waals surface area (Å²) in [6, 6.07) is 16.1. The molecule has 1 atom stereocenters. The van der Waals surface area contributed by atoms with Crippen molar-refractivity contribution < 1.29 is 9.53 Å². The molecular weight excluding hydrogens is 324 g/mol. The molecule has 1 fully saturated rings. The zero-order valence-electron chi connectivity index (χ0n) is 15.7. The molecular formula is C22H28N2O2. The van der Waals surface area contributed by atoms with Gasteiger partial charge in [0.25, 0.3) is 0 Å². The first-order valence-electron chi connectivity index (χ1n) is 9.34. The second-order valence-corrected chi connectivity index (χ2v) is 7.15. The van der Waals surface area contributed by atoms with Crippen LogP contribution < -0.4 is 10.6 Å². The van der Waals surface area contributed by atoms with Crippen LogP contribution in [0.2, 0.25) is 0 Å². The molecule has 0 aromatic heterocycles. The molecule has 0 bridgehead atoms. The van der Waals surface area contributed by atoms with Crippen LogP contribution in [0.3, 0.4) is 0 Å². The van der Waals surface area contributed by atoms with Gasteiger partial charge in [0.2, 0.25) is 0 Å². The number of anilines is 1. The zero-order valence-corrected chi connectivity index (χ0v) is 15.7.